The number of aliphatic carboxylic acids is 1. The second-order valence-corrected chi connectivity index (χ2v) is 13.2. The number of imidazole rings is 1. The first-order valence-electron chi connectivity index (χ1n) is 16.9. The van der Waals surface area contributed by atoms with Crippen molar-refractivity contribution in [2.45, 2.75) is 124 Å². The monoisotopic (exact) mass is 755 g/mol. The Kier molecular flexibility index (Phi) is 14.3. The predicted octanol–water partition coefficient (Wildman–Crippen LogP) is -7.04. The molecule has 22 nitrogen and oxygen atoms in total. The summed E-state index contributed by atoms with van der Waals surface area (Å²) >= 11 is 0. The molecule has 17 unspecified atom stereocenters. The summed E-state index contributed by atoms with van der Waals surface area (Å²) in [5.41, 5.74) is 0.473. The van der Waals surface area contributed by atoms with Crippen molar-refractivity contribution in [3.05, 3.63) is 18.2 Å². The van der Waals surface area contributed by atoms with E-state index in [9.17, 15) is 61.0 Å². The van der Waals surface area contributed by atoms with Crippen molar-refractivity contribution in [1.82, 2.24) is 14.9 Å². The number of ether oxygens (including phenoxy) is 7. The molecule has 12 N–H and O–H groups in total. The highest BCUT2D eigenvalue weighted by Gasteiger charge is 2.52. The van der Waals surface area contributed by atoms with Crippen LogP contribution in [0, 0.1) is 0 Å². The van der Waals surface area contributed by atoms with E-state index in [4.69, 9.17) is 33.2 Å². The van der Waals surface area contributed by atoms with Gasteiger partial charge in [-0.25, -0.2) is 4.98 Å². The molecular weight excluding hydrogens is 706 g/mol. The van der Waals surface area contributed by atoms with Gasteiger partial charge in [0.2, 0.25) is 0 Å². The maximum absolute atomic E-state index is 12.2. The van der Waals surface area contributed by atoms with Crippen molar-refractivity contribution < 1.29 is 94.1 Å². The number of aliphatic hydroxyl groups excluding tert-OH is 10. The lowest BCUT2D eigenvalue weighted by atomic mass is 9.94. The van der Waals surface area contributed by atoms with Crippen LogP contribution in [-0.4, -0.2) is 227 Å². The summed E-state index contributed by atoms with van der Waals surface area (Å²) in [4.78, 5) is 20.6. The molecule has 0 aromatic carbocycles. The van der Waals surface area contributed by atoms with E-state index in [0.29, 0.717) is 5.69 Å². The molecule has 52 heavy (non-hydrogen) atoms. The Morgan fingerprint density at radius 1 is 0.808 bits per heavy atom. The highest BCUT2D eigenvalue weighted by atomic mass is 16.7. The summed E-state index contributed by atoms with van der Waals surface area (Å²) in [6, 6.07) is -1.10. The lowest BCUT2D eigenvalue weighted by Gasteiger charge is -2.47. The molecule has 0 bridgehead atoms. The molecule has 22 heteroatoms. The fourth-order valence-corrected chi connectivity index (χ4v) is 6.70. The van der Waals surface area contributed by atoms with Crippen LogP contribution >= 0.6 is 0 Å². The van der Waals surface area contributed by atoms with Crippen molar-refractivity contribution in [2.24, 2.45) is 0 Å². The largest absolute Gasteiger partial charge is 0.480 e. The van der Waals surface area contributed by atoms with E-state index >= 15 is 0 Å². The molecule has 4 aliphatic heterocycles. The summed E-state index contributed by atoms with van der Waals surface area (Å²) in [5.74, 6) is -1.17. The third-order valence-electron chi connectivity index (χ3n) is 9.67. The van der Waals surface area contributed by atoms with Crippen LogP contribution in [0.15, 0.2) is 12.5 Å². The zero-order valence-corrected chi connectivity index (χ0v) is 28.1. The number of carboxylic acids is 1. The van der Waals surface area contributed by atoms with E-state index in [1.54, 1.807) is 6.20 Å². The van der Waals surface area contributed by atoms with Gasteiger partial charge in [-0.3, -0.25) is 9.69 Å². The molecule has 1 aromatic rings. The van der Waals surface area contributed by atoms with Crippen molar-refractivity contribution in [1.29, 1.82) is 0 Å². The van der Waals surface area contributed by atoms with Gasteiger partial charge in [0.15, 0.2) is 18.9 Å². The fourth-order valence-electron chi connectivity index (χ4n) is 6.70. The molecule has 4 fully saturated rings. The van der Waals surface area contributed by atoms with Crippen LogP contribution in [0.25, 0.3) is 0 Å². The van der Waals surface area contributed by atoms with Gasteiger partial charge in [-0.15, -0.1) is 0 Å². The number of morpholine rings is 1. The number of aromatic nitrogens is 2. The third kappa shape index (κ3) is 9.07. The van der Waals surface area contributed by atoms with Gasteiger partial charge in [-0.2, -0.15) is 0 Å². The second-order valence-electron chi connectivity index (χ2n) is 13.2. The lowest BCUT2D eigenvalue weighted by Crippen LogP contribution is -2.65. The molecule has 4 aliphatic rings. The molecule has 18 atom stereocenters. The summed E-state index contributed by atoms with van der Waals surface area (Å²) in [6.07, 6.45) is -22.5. The van der Waals surface area contributed by atoms with Gasteiger partial charge in [0.1, 0.15) is 79.3 Å². The SMILES string of the molecule is CC1OC(COC2OC(CO)C(O)C(OC3CN([C@@H](Cc4c[nH]cn4)C(=O)O)CC(CO)O3)C2O)C(O)C(OC2OC(CO)C(O)C(O)C2O)C1O. The summed E-state index contributed by atoms with van der Waals surface area (Å²) < 4.78 is 39.7. The average Bonchev–Trinajstić information content (AvgIpc) is 3.65. The highest BCUT2D eigenvalue weighted by Crippen LogP contribution is 2.31. The Morgan fingerprint density at radius 3 is 2.10 bits per heavy atom. The maximum Gasteiger partial charge on any atom is 0.321 e. The number of nitrogens with one attached hydrogen (secondary N) is 1. The Bertz CT molecular complexity index is 1250. The number of H-pyrrole nitrogens is 1. The molecule has 5 rings (SSSR count). The number of carboxylic acid groups (broad SMARTS) is 1. The molecule has 0 amide bonds. The minimum absolute atomic E-state index is 0.00781. The van der Waals surface area contributed by atoms with E-state index in [0.717, 1.165) is 0 Å². The molecular formula is C30H49N3O19. The first kappa shape index (κ1) is 41.1. The van der Waals surface area contributed by atoms with Crippen LogP contribution in [0.3, 0.4) is 0 Å². The zero-order chi connectivity index (χ0) is 37.9. The normalized spacial score (nSPS) is 44.0. The van der Waals surface area contributed by atoms with Crippen LogP contribution < -0.4 is 0 Å². The number of carbonyl (C=O) groups is 1. The number of hydrogen-bond acceptors (Lipinski definition) is 20. The van der Waals surface area contributed by atoms with E-state index in [1.807, 2.05) is 0 Å². The Morgan fingerprint density at radius 2 is 1.46 bits per heavy atom. The summed E-state index contributed by atoms with van der Waals surface area (Å²) in [6.45, 7) is -1.25. The van der Waals surface area contributed by atoms with E-state index in [-0.39, 0.29) is 19.5 Å². The minimum atomic E-state index is -1.83. The quantitative estimate of drug-likeness (QED) is 0.0839. The number of aromatic amines is 1. The zero-order valence-electron chi connectivity index (χ0n) is 28.1. The van der Waals surface area contributed by atoms with Crippen LogP contribution in [0.5, 0.6) is 0 Å². The van der Waals surface area contributed by atoms with Crippen molar-refractivity contribution in [3.63, 3.8) is 0 Å². The topological polar surface area (TPSA) is 336 Å². The second kappa shape index (κ2) is 18.1. The van der Waals surface area contributed by atoms with Crippen LogP contribution in [0.2, 0.25) is 0 Å². The lowest BCUT2D eigenvalue weighted by molar-refractivity contribution is -0.352. The van der Waals surface area contributed by atoms with Gasteiger partial charge < -0.3 is 94.3 Å². The maximum atomic E-state index is 12.2. The molecule has 5 heterocycles. The minimum Gasteiger partial charge on any atom is -0.480 e. The molecule has 0 spiro atoms. The number of nitrogens with zero attached hydrogens (tertiary/aromatic N) is 2. The summed E-state index contributed by atoms with van der Waals surface area (Å²) in [7, 11) is 0. The number of rotatable bonds is 14. The van der Waals surface area contributed by atoms with Crippen molar-refractivity contribution in [2.75, 3.05) is 39.5 Å². The number of hydrogen-bond donors (Lipinski definition) is 12. The molecule has 0 aliphatic carbocycles. The van der Waals surface area contributed by atoms with Gasteiger partial charge >= 0.3 is 5.97 Å². The van der Waals surface area contributed by atoms with Gasteiger partial charge in [0.25, 0.3) is 0 Å². The van der Waals surface area contributed by atoms with Gasteiger partial charge in [-0.05, 0) is 6.92 Å². The van der Waals surface area contributed by atoms with Crippen LogP contribution in [0.4, 0.5) is 0 Å². The Labute approximate surface area is 296 Å². The molecule has 4 saturated heterocycles. The standard InChI is InChI=1S/C30H49N3O19/c1-11-19(37)26(52-30-24(42)23(41)20(38)15(7-35)50-30)22(40)17(47-11)9-46-29-25(43)27(21(39)16(8-36)49-29)51-18-5-33(4-13(6-34)48-18)14(28(44)45)2-12-3-31-10-32-12/h3,10-11,13-27,29-30,34-43H,2,4-9H2,1H3,(H,31,32)(H,44,45)/t11?,13?,14-,15?,16?,17?,18?,19?,20?,21?,22?,23?,24?,25?,26?,27?,29?,30?/m0/s1. The van der Waals surface area contributed by atoms with Gasteiger partial charge in [0, 0.05) is 19.2 Å². The van der Waals surface area contributed by atoms with E-state index in [1.165, 1.54) is 18.2 Å². The molecule has 298 valence electrons. The van der Waals surface area contributed by atoms with E-state index in [2.05, 4.69) is 9.97 Å². The first-order valence-corrected chi connectivity index (χ1v) is 16.9. The smallest absolute Gasteiger partial charge is 0.321 e. The first-order chi connectivity index (χ1) is 24.8. The molecule has 0 saturated carbocycles. The summed E-state index contributed by atoms with van der Waals surface area (Å²) in [5, 5.41) is 114. The van der Waals surface area contributed by atoms with Gasteiger partial charge in [0.05, 0.1) is 57.2 Å². The fraction of sp³-hybridized carbons (Fsp3) is 0.867. The molecule has 0 radical (unpaired) electrons. The van der Waals surface area contributed by atoms with Crippen molar-refractivity contribution in [3.8, 4) is 0 Å². The van der Waals surface area contributed by atoms with Crippen LogP contribution in [0.1, 0.15) is 12.6 Å². The Hall–Kier alpha value is -2.04. The van der Waals surface area contributed by atoms with Gasteiger partial charge in [-0.1, -0.05) is 0 Å². The van der Waals surface area contributed by atoms with Crippen LogP contribution in [-0.2, 0) is 44.4 Å². The predicted molar refractivity (Wildman–Crippen MR) is 165 cm³/mol. The number of aliphatic hydroxyl groups is 10. The molecule has 1 aromatic heterocycles. The highest BCUT2D eigenvalue weighted by molar-refractivity contribution is 5.73. The van der Waals surface area contributed by atoms with Crippen molar-refractivity contribution >= 4 is 5.97 Å². The van der Waals surface area contributed by atoms with E-state index < -0.39 is 143 Å². The average molecular weight is 756 g/mol. The third-order valence-corrected chi connectivity index (χ3v) is 9.67. The Balaban J connectivity index is 1.25.